The molecule has 0 bridgehead atoms. The highest BCUT2D eigenvalue weighted by Crippen LogP contribution is 2.21. The van der Waals surface area contributed by atoms with Crippen LogP contribution in [0.25, 0.3) is 17.1 Å². The maximum absolute atomic E-state index is 5.62. The van der Waals surface area contributed by atoms with Gasteiger partial charge in [0.2, 0.25) is 0 Å². The normalized spacial score (nSPS) is 10.6. The molecule has 94 valence electrons. The van der Waals surface area contributed by atoms with E-state index in [1.165, 1.54) is 0 Å². The van der Waals surface area contributed by atoms with Crippen LogP contribution < -0.4 is 5.73 Å². The third-order valence-electron chi connectivity index (χ3n) is 3.12. The fraction of sp³-hybridized carbons (Fsp3) is 0.0625. The summed E-state index contributed by atoms with van der Waals surface area (Å²) in [7, 11) is 0. The van der Waals surface area contributed by atoms with Gasteiger partial charge in [-0.3, -0.25) is 4.57 Å². The van der Waals surface area contributed by atoms with Gasteiger partial charge in [0.05, 0.1) is 0 Å². The molecule has 0 aliphatic heterocycles. The predicted octanol–water partition coefficient (Wildman–Crippen LogP) is 3.00. The van der Waals surface area contributed by atoms with Crippen molar-refractivity contribution >= 4 is 0 Å². The average molecular weight is 249 g/mol. The fourth-order valence-corrected chi connectivity index (χ4v) is 2.11. The van der Waals surface area contributed by atoms with E-state index in [1.54, 1.807) is 0 Å². The molecule has 3 heteroatoms. The molecule has 2 aromatic carbocycles. The first kappa shape index (κ1) is 11.7. The van der Waals surface area contributed by atoms with E-state index in [9.17, 15) is 0 Å². The van der Waals surface area contributed by atoms with Gasteiger partial charge in [-0.05, 0) is 17.7 Å². The first-order chi connectivity index (χ1) is 9.38. The first-order valence-corrected chi connectivity index (χ1v) is 6.26. The van der Waals surface area contributed by atoms with Crippen molar-refractivity contribution in [3.05, 3.63) is 72.6 Å². The van der Waals surface area contributed by atoms with Crippen molar-refractivity contribution in [3.8, 4) is 17.1 Å². The Morgan fingerprint density at radius 3 is 2.37 bits per heavy atom. The monoisotopic (exact) mass is 249 g/mol. The fourth-order valence-electron chi connectivity index (χ4n) is 2.11. The number of hydrogen-bond donors (Lipinski definition) is 1. The van der Waals surface area contributed by atoms with Crippen molar-refractivity contribution in [2.75, 3.05) is 0 Å². The van der Waals surface area contributed by atoms with Crippen molar-refractivity contribution in [1.82, 2.24) is 9.55 Å². The molecule has 3 nitrogen and oxygen atoms in total. The van der Waals surface area contributed by atoms with Crippen molar-refractivity contribution in [1.29, 1.82) is 0 Å². The average Bonchev–Trinajstić information content (AvgIpc) is 2.98. The number of imidazole rings is 1. The molecule has 0 unspecified atom stereocenters. The van der Waals surface area contributed by atoms with E-state index in [4.69, 9.17) is 5.73 Å². The van der Waals surface area contributed by atoms with Gasteiger partial charge in [0, 0.05) is 30.2 Å². The Bertz CT molecular complexity index is 654. The van der Waals surface area contributed by atoms with Crippen molar-refractivity contribution in [2.24, 2.45) is 5.73 Å². The molecule has 1 heterocycles. The lowest BCUT2D eigenvalue weighted by molar-refractivity contribution is 1.04. The second kappa shape index (κ2) is 5.08. The Morgan fingerprint density at radius 2 is 1.68 bits per heavy atom. The lowest BCUT2D eigenvalue weighted by Gasteiger charge is -2.08. The van der Waals surface area contributed by atoms with Crippen LogP contribution in [0.4, 0.5) is 0 Å². The quantitative estimate of drug-likeness (QED) is 0.775. The highest BCUT2D eigenvalue weighted by Gasteiger charge is 2.06. The summed E-state index contributed by atoms with van der Waals surface area (Å²) in [5.74, 6) is 0.945. The van der Waals surface area contributed by atoms with Gasteiger partial charge in [-0.2, -0.15) is 0 Å². The number of nitrogens with two attached hydrogens (primary N) is 1. The molecule has 19 heavy (non-hydrogen) atoms. The summed E-state index contributed by atoms with van der Waals surface area (Å²) in [5.41, 5.74) is 8.95. The lowest BCUT2D eigenvalue weighted by atomic mass is 10.2. The number of hydrogen-bond acceptors (Lipinski definition) is 2. The summed E-state index contributed by atoms with van der Waals surface area (Å²) in [6.07, 6.45) is 3.79. The van der Waals surface area contributed by atoms with Crippen molar-refractivity contribution in [3.63, 3.8) is 0 Å². The molecule has 2 N–H and O–H groups in total. The molecule has 0 aliphatic rings. The summed E-state index contributed by atoms with van der Waals surface area (Å²) in [6, 6.07) is 18.4. The van der Waals surface area contributed by atoms with Crippen LogP contribution in [0.5, 0.6) is 0 Å². The SMILES string of the molecule is NCc1ccc(-n2ccnc2-c2ccccc2)cc1. The molecule has 0 fully saturated rings. The van der Waals surface area contributed by atoms with Gasteiger partial charge < -0.3 is 5.73 Å². The van der Waals surface area contributed by atoms with Gasteiger partial charge in [0.15, 0.2) is 0 Å². The number of nitrogens with zero attached hydrogens (tertiary/aromatic N) is 2. The van der Waals surface area contributed by atoms with E-state index in [2.05, 4.69) is 33.8 Å². The Labute approximate surface area is 112 Å². The molecule has 3 aromatic rings. The van der Waals surface area contributed by atoms with Crippen LogP contribution in [-0.2, 0) is 6.54 Å². The van der Waals surface area contributed by atoms with Crippen LogP contribution in [0.3, 0.4) is 0 Å². The summed E-state index contributed by atoms with van der Waals surface area (Å²) >= 11 is 0. The summed E-state index contributed by atoms with van der Waals surface area (Å²) in [6.45, 7) is 0.565. The molecule has 0 aliphatic carbocycles. The maximum Gasteiger partial charge on any atom is 0.144 e. The van der Waals surface area contributed by atoms with Crippen LogP contribution in [0.1, 0.15) is 5.56 Å². The van der Waals surface area contributed by atoms with E-state index < -0.39 is 0 Å². The Balaban J connectivity index is 2.04. The molecule has 1 aromatic heterocycles. The predicted molar refractivity (Wildman–Crippen MR) is 76.9 cm³/mol. The van der Waals surface area contributed by atoms with Gasteiger partial charge in [0.1, 0.15) is 5.82 Å². The zero-order valence-electron chi connectivity index (χ0n) is 10.5. The van der Waals surface area contributed by atoms with Gasteiger partial charge in [-0.1, -0.05) is 42.5 Å². The van der Waals surface area contributed by atoms with Gasteiger partial charge >= 0.3 is 0 Å². The second-order valence-electron chi connectivity index (χ2n) is 4.36. The standard InChI is InChI=1S/C16H15N3/c17-12-13-6-8-15(9-7-13)19-11-10-18-16(19)14-4-2-1-3-5-14/h1-11H,12,17H2. The molecule has 0 amide bonds. The topological polar surface area (TPSA) is 43.8 Å². The maximum atomic E-state index is 5.62. The largest absolute Gasteiger partial charge is 0.326 e. The zero-order chi connectivity index (χ0) is 13.1. The molecular formula is C16H15N3. The van der Waals surface area contributed by atoms with E-state index in [1.807, 2.05) is 42.7 Å². The van der Waals surface area contributed by atoms with Gasteiger partial charge in [-0.15, -0.1) is 0 Å². The molecule has 3 rings (SSSR count). The second-order valence-corrected chi connectivity index (χ2v) is 4.36. The Kier molecular flexibility index (Phi) is 3.12. The molecular weight excluding hydrogens is 234 g/mol. The minimum absolute atomic E-state index is 0.565. The number of aromatic nitrogens is 2. The highest BCUT2D eigenvalue weighted by atomic mass is 15.1. The van der Waals surface area contributed by atoms with Crippen LogP contribution in [-0.4, -0.2) is 9.55 Å². The molecule has 0 atom stereocenters. The van der Waals surface area contributed by atoms with Crippen LogP contribution >= 0.6 is 0 Å². The van der Waals surface area contributed by atoms with E-state index in [-0.39, 0.29) is 0 Å². The third kappa shape index (κ3) is 2.28. The number of rotatable bonds is 3. The first-order valence-electron chi connectivity index (χ1n) is 6.26. The highest BCUT2D eigenvalue weighted by molar-refractivity contribution is 5.58. The van der Waals surface area contributed by atoms with Gasteiger partial charge in [-0.25, -0.2) is 4.98 Å². The molecule has 0 spiro atoms. The van der Waals surface area contributed by atoms with E-state index in [0.717, 1.165) is 22.6 Å². The zero-order valence-corrected chi connectivity index (χ0v) is 10.5. The van der Waals surface area contributed by atoms with Gasteiger partial charge in [0.25, 0.3) is 0 Å². The molecule has 0 saturated heterocycles. The minimum Gasteiger partial charge on any atom is -0.326 e. The molecule has 0 saturated carbocycles. The lowest BCUT2D eigenvalue weighted by Crippen LogP contribution is -1.99. The Morgan fingerprint density at radius 1 is 0.947 bits per heavy atom. The summed E-state index contributed by atoms with van der Waals surface area (Å²) in [5, 5.41) is 0. The van der Waals surface area contributed by atoms with Crippen LogP contribution in [0, 0.1) is 0 Å². The molecule has 0 radical (unpaired) electrons. The van der Waals surface area contributed by atoms with Crippen LogP contribution in [0.15, 0.2) is 67.0 Å². The van der Waals surface area contributed by atoms with Crippen molar-refractivity contribution < 1.29 is 0 Å². The smallest absolute Gasteiger partial charge is 0.144 e. The van der Waals surface area contributed by atoms with E-state index in [0.29, 0.717) is 6.54 Å². The summed E-state index contributed by atoms with van der Waals surface area (Å²) < 4.78 is 2.08. The van der Waals surface area contributed by atoms with Crippen molar-refractivity contribution in [2.45, 2.75) is 6.54 Å². The van der Waals surface area contributed by atoms with E-state index >= 15 is 0 Å². The Hall–Kier alpha value is -2.39. The number of benzene rings is 2. The van der Waals surface area contributed by atoms with Crippen LogP contribution in [0.2, 0.25) is 0 Å². The summed E-state index contributed by atoms with van der Waals surface area (Å²) in [4.78, 5) is 4.44. The minimum atomic E-state index is 0.565. The third-order valence-corrected chi connectivity index (χ3v) is 3.12.